The molecule has 0 aliphatic carbocycles. The van der Waals surface area contributed by atoms with Gasteiger partial charge in [0.1, 0.15) is 0 Å². The van der Waals surface area contributed by atoms with Crippen LogP contribution in [0.2, 0.25) is 0 Å². The van der Waals surface area contributed by atoms with Crippen LogP contribution in [0.3, 0.4) is 0 Å². The highest BCUT2D eigenvalue weighted by atomic mass is 32.2. The molecule has 1 fully saturated rings. The minimum absolute atomic E-state index is 0.227. The molecule has 1 aliphatic heterocycles. The van der Waals surface area contributed by atoms with Crippen molar-refractivity contribution in [3.05, 3.63) is 0 Å². The smallest absolute Gasteiger partial charge is 0.214 e. The van der Waals surface area contributed by atoms with Gasteiger partial charge in [0.25, 0.3) is 0 Å². The van der Waals surface area contributed by atoms with Crippen molar-refractivity contribution >= 4 is 10.0 Å². The van der Waals surface area contributed by atoms with Crippen LogP contribution in [0.5, 0.6) is 0 Å². The van der Waals surface area contributed by atoms with E-state index < -0.39 is 10.0 Å². The molecule has 18 heavy (non-hydrogen) atoms. The van der Waals surface area contributed by atoms with E-state index in [1.807, 2.05) is 0 Å². The van der Waals surface area contributed by atoms with Crippen LogP contribution in [0.15, 0.2) is 0 Å². The van der Waals surface area contributed by atoms with E-state index in [1.54, 1.807) is 0 Å². The third kappa shape index (κ3) is 6.13. The second-order valence-corrected chi connectivity index (χ2v) is 7.26. The average molecular weight is 278 g/mol. The van der Waals surface area contributed by atoms with Gasteiger partial charge in [-0.15, -0.1) is 0 Å². The van der Waals surface area contributed by atoms with Crippen LogP contribution >= 0.6 is 0 Å². The van der Waals surface area contributed by atoms with E-state index in [2.05, 4.69) is 23.9 Å². The fraction of sp³-hybridized carbons (Fsp3) is 1.00. The summed E-state index contributed by atoms with van der Waals surface area (Å²) in [5, 5.41) is 2.94. The SMILES string of the molecule is CC(C)COCCCNS(=O)(=O)C1CCNCC1. The third-order valence-electron chi connectivity index (χ3n) is 2.94. The van der Waals surface area contributed by atoms with Gasteiger partial charge < -0.3 is 10.1 Å². The van der Waals surface area contributed by atoms with Gasteiger partial charge in [-0.3, -0.25) is 0 Å². The van der Waals surface area contributed by atoms with Gasteiger partial charge in [-0.2, -0.15) is 0 Å². The summed E-state index contributed by atoms with van der Waals surface area (Å²) < 4.78 is 32.0. The van der Waals surface area contributed by atoms with Crippen molar-refractivity contribution in [2.45, 2.75) is 38.4 Å². The molecule has 0 aromatic carbocycles. The first-order valence-corrected chi connectivity index (χ1v) is 8.34. The van der Waals surface area contributed by atoms with Gasteiger partial charge in [0, 0.05) is 19.8 Å². The summed E-state index contributed by atoms with van der Waals surface area (Å²) in [4.78, 5) is 0. The molecule has 0 amide bonds. The molecule has 1 saturated heterocycles. The lowest BCUT2D eigenvalue weighted by Crippen LogP contribution is -2.42. The van der Waals surface area contributed by atoms with E-state index in [-0.39, 0.29) is 5.25 Å². The normalized spacial score (nSPS) is 18.4. The van der Waals surface area contributed by atoms with Crippen molar-refractivity contribution < 1.29 is 13.2 Å². The van der Waals surface area contributed by atoms with Crippen LogP contribution in [0.1, 0.15) is 33.1 Å². The Bertz CT molecular complexity index is 311. The summed E-state index contributed by atoms with van der Waals surface area (Å²) in [6, 6.07) is 0. The molecule has 0 radical (unpaired) electrons. The highest BCUT2D eigenvalue weighted by Gasteiger charge is 2.26. The molecular formula is C12H26N2O3S. The monoisotopic (exact) mass is 278 g/mol. The van der Waals surface area contributed by atoms with Gasteiger partial charge in [-0.05, 0) is 38.3 Å². The summed E-state index contributed by atoms with van der Waals surface area (Å²) >= 11 is 0. The van der Waals surface area contributed by atoms with Crippen molar-refractivity contribution in [1.82, 2.24) is 10.0 Å². The van der Waals surface area contributed by atoms with Crippen molar-refractivity contribution in [3.63, 3.8) is 0 Å². The first-order valence-electron chi connectivity index (χ1n) is 6.79. The predicted molar refractivity (Wildman–Crippen MR) is 73.1 cm³/mol. The molecule has 2 N–H and O–H groups in total. The lowest BCUT2D eigenvalue weighted by Gasteiger charge is -2.22. The second kappa shape index (κ2) is 8.09. The average Bonchev–Trinajstić information content (AvgIpc) is 2.34. The maximum absolute atomic E-state index is 11.9. The van der Waals surface area contributed by atoms with Gasteiger partial charge in [0.15, 0.2) is 0 Å². The van der Waals surface area contributed by atoms with Crippen LogP contribution in [0.4, 0.5) is 0 Å². The minimum atomic E-state index is -3.13. The molecule has 0 bridgehead atoms. The fourth-order valence-corrected chi connectivity index (χ4v) is 3.45. The lowest BCUT2D eigenvalue weighted by atomic mass is 10.2. The van der Waals surface area contributed by atoms with Gasteiger partial charge >= 0.3 is 0 Å². The zero-order valence-electron chi connectivity index (χ0n) is 11.4. The Kier molecular flexibility index (Phi) is 7.14. The topological polar surface area (TPSA) is 67.4 Å². The third-order valence-corrected chi connectivity index (χ3v) is 4.90. The van der Waals surface area contributed by atoms with Crippen LogP contribution in [-0.4, -0.2) is 46.5 Å². The van der Waals surface area contributed by atoms with Crippen LogP contribution in [0, 0.1) is 5.92 Å². The van der Waals surface area contributed by atoms with Crippen molar-refractivity contribution in [3.8, 4) is 0 Å². The maximum Gasteiger partial charge on any atom is 0.214 e. The predicted octanol–water partition coefficient (Wildman–Crippen LogP) is 0.721. The zero-order valence-corrected chi connectivity index (χ0v) is 12.3. The van der Waals surface area contributed by atoms with E-state index in [0.29, 0.717) is 31.9 Å². The molecule has 0 saturated carbocycles. The molecule has 0 aromatic heterocycles. The molecule has 1 aliphatic rings. The highest BCUT2D eigenvalue weighted by Crippen LogP contribution is 2.11. The number of sulfonamides is 1. The Hall–Kier alpha value is -0.170. The van der Waals surface area contributed by atoms with Gasteiger partial charge in [0.2, 0.25) is 10.0 Å². The maximum atomic E-state index is 11.9. The molecule has 6 heteroatoms. The molecule has 0 spiro atoms. The molecule has 0 aromatic rings. The molecule has 5 nitrogen and oxygen atoms in total. The van der Waals surface area contributed by atoms with Gasteiger partial charge in [-0.25, -0.2) is 13.1 Å². The zero-order chi connectivity index (χ0) is 13.4. The number of rotatable bonds is 8. The first kappa shape index (κ1) is 15.9. The summed E-state index contributed by atoms with van der Waals surface area (Å²) in [6.07, 6.45) is 2.15. The Morgan fingerprint density at radius 2 is 2.00 bits per heavy atom. The van der Waals surface area contributed by atoms with Gasteiger partial charge in [0.05, 0.1) is 5.25 Å². The van der Waals surface area contributed by atoms with Crippen molar-refractivity contribution in [2.75, 3.05) is 32.8 Å². The van der Waals surface area contributed by atoms with Gasteiger partial charge in [-0.1, -0.05) is 13.8 Å². The number of hydrogen-bond donors (Lipinski definition) is 2. The van der Waals surface area contributed by atoms with Crippen LogP contribution < -0.4 is 10.0 Å². The molecule has 0 atom stereocenters. The summed E-state index contributed by atoms with van der Waals surface area (Å²) in [5.74, 6) is 0.524. The minimum Gasteiger partial charge on any atom is -0.381 e. The first-order chi connectivity index (χ1) is 8.52. The Labute approximate surface area is 111 Å². The van der Waals surface area contributed by atoms with E-state index in [1.165, 1.54) is 0 Å². The fourth-order valence-electron chi connectivity index (χ4n) is 1.93. The standard InChI is InChI=1S/C12H26N2O3S/c1-11(2)10-17-9-3-6-14-18(15,16)12-4-7-13-8-5-12/h11-14H,3-10H2,1-2H3. The molecule has 1 rings (SSSR count). The summed E-state index contributed by atoms with van der Waals surface area (Å²) in [5.41, 5.74) is 0. The lowest BCUT2D eigenvalue weighted by molar-refractivity contribution is 0.108. The quantitative estimate of drug-likeness (QED) is 0.642. The van der Waals surface area contributed by atoms with E-state index in [9.17, 15) is 8.42 Å². The number of nitrogens with one attached hydrogen (secondary N) is 2. The molecular weight excluding hydrogens is 252 g/mol. The van der Waals surface area contributed by atoms with Crippen molar-refractivity contribution in [1.29, 1.82) is 0 Å². The summed E-state index contributed by atoms with van der Waals surface area (Å²) in [7, 11) is -3.13. The summed E-state index contributed by atoms with van der Waals surface area (Å²) in [6.45, 7) is 7.62. The molecule has 0 unspecified atom stereocenters. The number of hydrogen-bond acceptors (Lipinski definition) is 4. The number of piperidine rings is 1. The highest BCUT2D eigenvalue weighted by molar-refractivity contribution is 7.90. The molecule has 1 heterocycles. The van der Waals surface area contributed by atoms with Crippen LogP contribution in [-0.2, 0) is 14.8 Å². The Morgan fingerprint density at radius 1 is 1.33 bits per heavy atom. The van der Waals surface area contributed by atoms with Crippen molar-refractivity contribution in [2.24, 2.45) is 5.92 Å². The Balaban J connectivity index is 2.13. The van der Waals surface area contributed by atoms with Crippen LogP contribution in [0.25, 0.3) is 0 Å². The van der Waals surface area contributed by atoms with E-state index in [4.69, 9.17) is 4.74 Å². The van der Waals surface area contributed by atoms with E-state index in [0.717, 1.165) is 26.1 Å². The number of ether oxygens (including phenoxy) is 1. The van der Waals surface area contributed by atoms with E-state index >= 15 is 0 Å². The molecule has 108 valence electrons. The second-order valence-electron chi connectivity index (χ2n) is 5.21. The largest absolute Gasteiger partial charge is 0.381 e. The Morgan fingerprint density at radius 3 is 2.61 bits per heavy atom.